The van der Waals surface area contributed by atoms with Gasteiger partial charge >= 0.3 is 0 Å². The molecule has 0 aromatic rings. The van der Waals surface area contributed by atoms with E-state index in [9.17, 15) is 0 Å². The van der Waals surface area contributed by atoms with Gasteiger partial charge in [-0.05, 0) is 0 Å². The van der Waals surface area contributed by atoms with Crippen molar-refractivity contribution in [1.29, 1.82) is 0 Å². The van der Waals surface area contributed by atoms with Gasteiger partial charge in [-0.25, -0.2) is 10.5 Å². The molecule has 0 spiro atoms. The van der Waals surface area contributed by atoms with Crippen LogP contribution < -0.4 is 0 Å². The van der Waals surface area contributed by atoms with Crippen LogP contribution in [0.15, 0.2) is 0 Å². The molecule has 0 saturated carbocycles. The third kappa shape index (κ3) is 34.9. The first-order valence-electron chi connectivity index (χ1n) is 0.365. The van der Waals surface area contributed by atoms with Gasteiger partial charge in [-0.15, -0.1) is 0 Å². The van der Waals surface area contributed by atoms with Crippen molar-refractivity contribution in [3.8, 4) is 0 Å². The molecule has 0 amide bonds. The van der Waals surface area contributed by atoms with E-state index in [-0.39, 0.29) is 42.9 Å². The van der Waals surface area contributed by atoms with Crippen LogP contribution in [0.3, 0.4) is 0 Å². The topological polar surface area (TPSA) is 49.7 Å². The Morgan fingerprint density at radius 3 is 1.20 bits per heavy atom. The van der Waals surface area contributed by atoms with Crippen LogP contribution in [0.4, 0.5) is 0 Å². The fraction of sp³-hybridized carbons (Fsp3) is 0. The molecule has 3 nitrogen and oxygen atoms in total. The summed E-state index contributed by atoms with van der Waals surface area (Å²) >= 11 is 0. The van der Waals surface area contributed by atoms with Crippen LogP contribution in [-0.4, -0.2) is 10.5 Å². The Kier molecular flexibility index (Phi) is 60.7. The summed E-state index contributed by atoms with van der Waals surface area (Å²) in [5, 5.41) is 15.5. The van der Waals surface area contributed by atoms with Crippen molar-refractivity contribution in [2.75, 3.05) is 0 Å². The SMILES string of the molecule is OOO.[Mn].[Sc]. The Morgan fingerprint density at radius 2 is 1.20 bits per heavy atom. The Labute approximate surface area is 58.4 Å². The van der Waals surface area contributed by atoms with E-state index in [4.69, 9.17) is 10.5 Å². The maximum absolute atomic E-state index is 6.62. The van der Waals surface area contributed by atoms with E-state index in [2.05, 4.69) is 5.04 Å². The standard InChI is InChI=1S/Mn.H2O3.Sc/c;1-3-2;/h;1-2H;. The molecule has 0 fully saturated rings. The van der Waals surface area contributed by atoms with Gasteiger partial charge in [-0.3, -0.25) is 0 Å². The van der Waals surface area contributed by atoms with Crippen molar-refractivity contribution in [1.82, 2.24) is 0 Å². The first kappa shape index (κ1) is 16.3. The molecule has 5 heteroatoms. The number of hydrogen-bond donors (Lipinski definition) is 2. The average molecular weight is 150 g/mol. The third-order valence-corrected chi connectivity index (χ3v) is 0. The first-order valence-corrected chi connectivity index (χ1v) is 0.365. The molecular formula is H2MnO3Sc. The van der Waals surface area contributed by atoms with Gasteiger partial charge in [0, 0.05) is 42.9 Å². The zero-order valence-electron chi connectivity index (χ0n) is 2.26. The summed E-state index contributed by atoms with van der Waals surface area (Å²) in [6, 6.07) is 0. The second kappa shape index (κ2) is 18.6. The minimum absolute atomic E-state index is 0. The monoisotopic (exact) mass is 150 g/mol. The Balaban J connectivity index is -0.0000000200. The average Bonchev–Trinajstić information content (AvgIpc) is 0.918. The van der Waals surface area contributed by atoms with Crippen molar-refractivity contribution in [3.05, 3.63) is 0 Å². The minimum Gasteiger partial charge on any atom is -0.221 e. The summed E-state index contributed by atoms with van der Waals surface area (Å²) < 4.78 is 0. The van der Waals surface area contributed by atoms with E-state index in [1.54, 1.807) is 0 Å². The summed E-state index contributed by atoms with van der Waals surface area (Å²) in [5.41, 5.74) is 0. The summed E-state index contributed by atoms with van der Waals surface area (Å²) in [6.07, 6.45) is 0. The summed E-state index contributed by atoms with van der Waals surface area (Å²) in [6.45, 7) is 0. The second-order valence-electron chi connectivity index (χ2n) is 0.0816. The largest absolute Gasteiger partial charge is 0.221 e. The van der Waals surface area contributed by atoms with Crippen molar-refractivity contribution >= 4 is 0 Å². The predicted octanol–water partition coefficient (Wildman–Crippen LogP) is -0.0560. The molecule has 0 heterocycles. The van der Waals surface area contributed by atoms with Gasteiger partial charge in [-0.2, -0.15) is 0 Å². The van der Waals surface area contributed by atoms with Crippen molar-refractivity contribution < 1.29 is 58.5 Å². The van der Waals surface area contributed by atoms with Gasteiger partial charge in [0.25, 0.3) is 0 Å². The predicted molar refractivity (Wildman–Crippen MR) is 6.34 cm³/mol. The van der Waals surface area contributed by atoms with E-state index < -0.39 is 0 Å². The van der Waals surface area contributed by atoms with Gasteiger partial charge in [0.05, 0.1) is 0 Å². The molecule has 2 radical (unpaired) electrons. The summed E-state index contributed by atoms with van der Waals surface area (Å²) in [7, 11) is 0. The quantitative estimate of drug-likeness (QED) is 0.289. The normalized spacial score (nSPS) is 3.60. The molecule has 0 rings (SSSR count). The molecule has 0 aliphatic carbocycles. The van der Waals surface area contributed by atoms with E-state index in [0.29, 0.717) is 0 Å². The Bertz CT molecular complexity index is 6.85. The number of rotatable bonds is 0. The van der Waals surface area contributed by atoms with Crippen LogP contribution >= 0.6 is 0 Å². The van der Waals surface area contributed by atoms with Crippen molar-refractivity contribution in [3.63, 3.8) is 0 Å². The van der Waals surface area contributed by atoms with Crippen LogP contribution in [-0.2, 0) is 48.0 Å². The van der Waals surface area contributed by atoms with E-state index >= 15 is 0 Å². The Morgan fingerprint density at radius 1 is 1.20 bits per heavy atom. The molecule has 2 N–H and O–H groups in total. The van der Waals surface area contributed by atoms with Gasteiger partial charge in [-0.1, -0.05) is 5.04 Å². The maximum atomic E-state index is 6.62. The molecule has 0 atom stereocenters. The Hall–Kier alpha value is 1.27. The molecule has 0 aromatic carbocycles. The first-order chi connectivity index (χ1) is 1.41. The molecule has 0 aromatic heterocycles. The molecule has 0 aliphatic rings. The molecule has 5 heavy (non-hydrogen) atoms. The van der Waals surface area contributed by atoms with Crippen LogP contribution in [0, 0.1) is 0 Å². The summed E-state index contributed by atoms with van der Waals surface area (Å²) in [4.78, 5) is 0. The fourth-order valence-electron chi connectivity index (χ4n) is 0. The molecule has 0 bridgehead atoms. The zero-order chi connectivity index (χ0) is 2.71. The van der Waals surface area contributed by atoms with Crippen LogP contribution in [0.25, 0.3) is 0 Å². The van der Waals surface area contributed by atoms with Gasteiger partial charge in [0.1, 0.15) is 0 Å². The van der Waals surface area contributed by atoms with Crippen molar-refractivity contribution in [2.45, 2.75) is 0 Å². The third-order valence-electron chi connectivity index (χ3n) is 0. The van der Waals surface area contributed by atoms with Crippen LogP contribution in [0.2, 0.25) is 0 Å². The fourth-order valence-corrected chi connectivity index (χ4v) is 0. The molecule has 30 valence electrons. The van der Waals surface area contributed by atoms with E-state index in [1.807, 2.05) is 0 Å². The van der Waals surface area contributed by atoms with E-state index in [1.165, 1.54) is 0 Å². The minimum atomic E-state index is 0. The molecule has 0 unspecified atom stereocenters. The van der Waals surface area contributed by atoms with Gasteiger partial charge in [0.2, 0.25) is 0 Å². The van der Waals surface area contributed by atoms with E-state index in [0.717, 1.165) is 0 Å². The molecule has 0 saturated heterocycles. The van der Waals surface area contributed by atoms with Crippen LogP contribution in [0.5, 0.6) is 0 Å². The smallest absolute Gasteiger partial charge is 0 e. The number of hydrogen-bond acceptors (Lipinski definition) is 3. The second-order valence-corrected chi connectivity index (χ2v) is 0.0816. The molecule has 0 aliphatic heterocycles. The van der Waals surface area contributed by atoms with Gasteiger partial charge in [0.15, 0.2) is 0 Å². The zero-order valence-corrected chi connectivity index (χ0v) is 5.24. The summed E-state index contributed by atoms with van der Waals surface area (Å²) in [5.74, 6) is 0. The van der Waals surface area contributed by atoms with Gasteiger partial charge < -0.3 is 0 Å². The molecular weight excluding hydrogens is 148 g/mol. The maximum Gasteiger partial charge on any atom is 0 e. The van der Waals surface area contributed by atoms with Crippen LogP contribution in [0.1, 0.15) is 0 Å². The van der Waals surface area contributed by atoms with Crippen molar-refractivity contribution in [2.24, 2.45) is 0 Å².